The molecule has 1 aliphatic rings. The Morgan fingerprint density at radius 2 is 2.05 bits per heavy atom. The highest BCUT2D eigenvalue weighted by Gasteiger charge is 2.22. The number of anilines is 1. The second-order valence-electron chi connectivity index (χ2n) is 4.81. The minimum Gasteiger partial charge on any atom is -0.330 e. The molecule has 1 N–H and O–H groups in total. The molecule has 0 radical (unpaired) electrons. The van der Waals surface area contributed by atoms with Crippen LogP contribution in [0.3, 0.4) is 0 Å². The van der Waals surface area contributed by atoms with Crippen molar-refractivity contribution in [3.05, 3.63) is 47.6 Å². The van der Waals surface area contributed by atoms with Crippen LogP contribution in [0.4, 0.5) is 5.82 Å². The van der Waals surface area contributed by atoms with Crippen LogP contribution >= 0.6 is 11.6 Å². The third-order valence-corrected chi connectivity index (χ3v) is 3.66. The standard InChI is InChI=1S/C14H11ClN6/c1-8-7-12(15)16-13-9(2)14(18-20(8)13)21-11-6-4-3-5-10(11)17-19-21/h3-7,16H,1H2,2H3. The van der Waals surface area contributed by atoms with E-state index < -0.39 is 0 Å². The van der Waals surface area contributed by atoms with Gasteiger partial charge in [0, 0.05) is 5.56 Å². The van der Waals surface area contributed by atoms with Gasteiger partial charge in [0.25, 0.3) is 0 Å². The Kier molecular flexibility index (Phi) is 2.43. The van der Waals surface area contributed by atoms with Gasteiger partial charge in [-0.3, -0.25) is 0 Å². The van der Waals surface area contributed by atoms with Gasteiger partial charge < -0.3 is 5.32 Å². The number of rotatable bonds is 1. The molecule has 4 rings (SSSR count). The molecule has 0 saturated heterocycles. The summed E-state index contributed by atoms with van der Waals surface area (Å²) < 4.78 is 3.44. The predicted molar refractivity (Wildman–Crippen MR) is 82.3 cm³/mol. The van der Waals surface area contributed by atoms with Gasteiger partial charge in [0.1, 0.15) is 16.5 Å². The van der Waals surface area contributed by atoms with E-state index in [2.05, 4.69) is 27.3 Å². The molecular formula is C14H11ClN6. The maximum absolute atomic E-state index is 6.05. The highest BCUT2D eigenvalue weighted by molar-refractivity contribution is 6.31. The van der Waals surface area contributed by atoms with Crippen molar-refractivity contribution in [3.63, 3.8) is 0 Å². The zero-order chi connectivity index (χ0) is 14.6. The molecule has 0 aliphatic carbocycles. The van der Waals surface area contributed by atoms with E-state index in [0.717, 1.165) is 22.4 Å². The lowest BCUT2D eigenvalue weighted by Crippen LogP contribution is -2.10. The van der Waals surface area contributed by atoms with Crippen molar-refractivity contribution < 1.29 is 0 Å². The zero-order valence-corrected chi connectivity index (χ0v) is 12.0. The van der Waals surface area contributed by atoms with E-state index in [1.54, 1.807) is 15.4 Å². The molecule has 2 aromatic heterocycles. The number of aromatic nitrogens is 5. The molecule has 0 spiro atoms. The van der Waals surface area contributed by atoms with Crippen molar-refractivity contribution in [2.45, 2.75) is 6.92 Å². The maximum atomic E-state index is 6.05. The first-order chi connectivity index (χ1) is 10.1. The smallest absolute Gasteiger partial charge is 0.183 e. The molecule has 3 heterocycles. The summed E-state index contributed by atoms with van der Waals surface area (Å²) in [5, 5.41) is 16.5. The van der Waals surface area contributed by atoms with Crippen LogP contribution in [0.25, 0.3) is 22.5 Å². The SMILES string of the molecule is C=C1C=C(Cl)Nc2c(C)c(-n3nnc4ccccc43)nn21. The topological polar surface area (TPSA) is 60.6 Å². The van der Waals surface area contributed by atoms with E-state index in [-0.39, 0.29) is 0 Å². The van der Waals surface area contributed by atoms with Crippen LogP contribution in [-0.4, -0.2) is 24.8 Å². The van der Waals surface area contributed by atoms with E-state index in [4.69, 9.17) is 11.6 Å². The van der Waals surface area contributed by atoms with Crippen molar-refractivity contribution in [2.24, 2.45) is 0 Å². The summed E-state index contributed by atoms with van der Waals surface area (Å²) in [5.74, 6) is 1.49. The normalized spacial score (nSPS) is 14.0. The van der Waals surface area contributed by atoms with Crippen molar-refractivity contribution in [1.82, 2.24) is 24.8 Å². The Balaban J connectivity index is 1.95. The fraction of sp³-hybridized carbons (Fsp3) is 0.0714. The van der Waals surface area contributed by atoms with Crippen molar-refractivity contribution in [1.29, 1.82) is 0 Å². The molecule has 21 heavy (non-hydrogen) atoms. The lowest BCUT2D eigenvalue weighted by molar-refractivity contribution is 0.774. The third kappa shape index (κ3) is 1.69. The fourth-order valence-electron chi connectivity index (χ4n) is 2.42. The average Bonchev–Trinajstić information content (AvgIpc) is 3.01. The number of hydrogen-bond donors (Lipinski definition) is 1. The maximum Gasteiger partial charge on any atom is 0.183 e. The molecule has 0 saturated carbocycles. The van der Waals surface area contributed by atoms with Crippen LogP contribution in [-0.2, 0) is 0 Å². The summed E-state index contributed by atoms with van der Waals surface area (Å²) in [6.45, 7) is 5.92. The molecule has 0 amide bonds. The first kappa shape index (κ1) is 12.2. The highest BCUT2D eigenvalue weighted by Crippen LogP contribution is 2.31. The van der Waals surface area contributed by atoms with Crippen molar-refractivity contribution >= 4 is 34.1 Å². The summed E-state index contributed by atoms with van der Waals surface area (Å²) >= 11 is 6.05. The van der Waals surface area contributed by atoms with Crippen LogP contribution < -0.4 is 5.32 Å². The molecule has 0 fully saturated rings. The number of hydrogen-bond acceptors (Lipinski definition) is 4. The van der Waals surface area contributed by atoms with Crippen LogP contribution in [0.15, 0.2) is 42.1 Å². The minimum absolute atomic E-state index is 0.519. The number of benzene rings is 1. The average molecular weight is 299 g/mol. The molecule has 6 nitrogen and oxygen atoms in total. The molecular weight excluding hydrogens is 288 g/mol. The monoisotopic (exact) mass is 298 g/mol. The Morgan fingerprint density at radius 3 is 2.90 bits per heavy atom. The molecule has 3 aromatic rings. The molecule has 0 atom stereocenters. The third-order valence-electron chi connectivity index (χ3n) is 3.45. The van der Waals surface area contributed by atoms with Gasteiger partial charge in [0.05, 0.1) is 11.2 Å². The van der Waals surface area contributed by atoms with Gasteiger partial charge in [-0.25, -0.2) is 4.68 Å². The van der Waals surface area contributed by atoms with E-state index in [9.17, 15) is 0 Å². The van der Waals surface area contributed by atoms with Crippen LogP contribution in [0, 0.1) is 6.92 Å². The first-order valence-corrected chi connectivity index (χ1v) is 6.77. The lowest BCUT2D eigenvalue weighted by Gasteiger charge is -2.15. The van der Waals surface area contributed by atoms with Gasteiger partial charge in [-0.15, -0.1) is 10.2 Å². The van der Waals surface area contributed by atoms with E-state index in [1.807, 2.05) is 31.2 Å². The Morgan fingerprint density at radius 1 is 1.24 bits per heavy atom. The van der Waals surface area contributed by atoms with Gasteiger partial charge in [-0.05, 0) is 25.1 Å². The number of halogens is 1. The Labute approximate surface area is 125 Å². The van der Waals surface area contributed by atoms with E-state index in [1.165, 1.54) is 0 Å². The molecule has 7 heteroatoms. The van der Waals surface area contributed by atoms with Crippen LogP contribution in [0.1, 0.15) is 5.56 Å². The summed E-state index contributed by atoms with van der Waals surface area (Å²) in [6.07, 6.45) is 1.73. The van der Waals surface area contributed by atoms with Crippen molar-refractivity contribution in [3.8, 4) is 5.82 Å². The number of nitrogens with one attached hydrogen (secondary N) is 1. The molecule has 0 bridgehead atoms. The molecule has 1 aromatic carbocycles. The predicted octanol–water partition coefficient (Wildman–Crippen LogP) is 2.90. The number of allylic oxidation sites excluding steroid dienone is 2. The van der Waals surface area contributed by atoms with Crippen molar-refractivity contribution in [2.75, 3.05) is 5.32 Å². The van der Waals surface area contributed by atoms with Gasteiger partial charge in [-0.2, -0.15) is 4.68 Å². The van der Waals surface area contributed by atoms with Crippen LogP contribution in [0.5, 0.6) is 0 Å². The molecule has 0 unspecified atom stereocenters. The number of nitrogens with zero attached hydrogens (tertiary/aromatic N) is 5. The van der Waals surface area contributed by atoms with Crippen LogP contribution in [0.2, 0.25) is 0 Å². The fourth-order valence-corrected chi connectivity index (χ4v) is 2.64. The number of para-hydroxylation sites is 1. The zero-order valence-electron chi connectivity index (χ0n) is 11.2. The van der Waals surface area contributed by atoms with Gasteiger partial charge in [-0.1, -0.05) is 35.5 Å². The Bertz CT molecular complexity index is 917. The van der Waals surface area contributed by atoms with E-state index in [0.29, 0.717) is 16.7 Å². The second kappa shape index (κ2) is 4.20. The second-order valence-corrected chi connectivity index (χ2v) is 5.21. The largest absolute Gasteiger partial charge is 0.330 e. The Hall–Kier alpha value is -2.60. The van der Waals surface area contributed by atoms with E-state index >= 15 is 0 Å². The lowest BCUT2D eigenvalue weighted by atomic mass is 10.3. The summed E-state index contributed by atoms with van der Waals surface area (Å²) in [5.41, 5.74) is 3.36. The highest BCUT2D eigenvalue weighted by atomic mass is 35.5. The van der Waals surface area contributed by atoms with Gasteiger partial charge in [0.2, 0.25) is 0 Å². The quantitative estimate of drug-likeness (QED) is 0.702. The first-order valence-electron chi connectivity index (χ1n) is 6.39. The molecule has 1 aliphatic heterocycles. The van der Waals surface area contributed by atoms with Gasteiger partial charge in [0.15, 0.2) is 5.82 Å². The summed E-state index contributed by atoms with van der Waals surface area (Å²) in [7, 11) is 0. The summed E-state index contributed by atoms with van der Waals surface area (Å²) in [4.78, 5) is 0. The van der Waals surface area contributed by atoms with Gasteiger partial charge >= 0.3 is 0 Å². The molecule has 104 valence electrons. The number of fused-ring (bicyclic) bond motifs is 2. The minimum atomic E-state index is 0.519. The summed E-state index contributed by atoms with van der Waals surface area (Å²) in [6, 6.07) is 7.75.